The maximum atomic E-state index is 13.7. The molecule has 0 aliphatic carbocycles. The van der Waals surface area contributed by atoms with Gasteiger partial charge in [0.05, 0.1) is 6.10 Å². The van der Waals surface area contributed by atoms with Crippen LogP contribution in [0.15, 0.2) is 42.7 Å². The largest absolute Gasteiger partial charge is 0.387 e. The second-order valence-electron chi connectivity index (χ2n) is 4.84. The van der Waals surface area contributed by atoms with Gasteiger partial charge in [-0.25, -0.2) is 8.78 Å². The number of halogens is 2. The molecule has 0 bridgehead atoms. The first kappa shape index (κ1) is 15.5. The van der Waals surface area contributed by atoms with E-state index in [1.165, 1.54) is 12.1 Å². The minimum atomic E-state index is -1.07. The normalized spacial score (nSPS) is 12.6. The number of benzene rings is 1. The molecule has 5 heteroatoms. The van der Waals surface area contributed by atoms with Crippen LogP contribution in [0.25, 0.3) is 0 Å². The Bertz CT molecular complexity index is 578. The van der Waals surface area contributed by atoms with E-state index in [1.807, 2.05) is 24.0 Å². The van der Waals surface area contributed by atoms with E-state index in [4.69, 9.17) is 0 Å². The predicted molar refractivity (Wildman–Crippen MR) is 76.5 cm³/mol. The first-order chi connectivity index (χ1) is 10.1. The molecule has 1 atom stereocenters. The third-order valence-electron chi connectivity index (χ3n) is 3.37. The Morgan fingerprint density at radius 1 is 1.19 bits per heavy atom. The number of aliphatic hydroxyl groups is 1. The molecule has 21 heavy (non-hydrogen) atoms. The smallest absolute Gasteiger partial charge is 0.164 e. The Labute approximate surface area is 122 Å². The fourth-order valence-corrected chi connectivity index (χ4v) is 2.17. The van der Waals surface area contributed by atoms with Crippen molar-refractivity contribution in [2.75, 3.05) is 13.1 Å². The van der Waals surface area contributed by atoms with Gasteiger partial charge in [0.1, 0.15) is 0 Å². The van der Waals surface area contributed by atoms with E-state index in [0.29, 0.717) is 13.1 Å². The summed E-state index contributed by atoms with van der Waals surface area (Å²) in [5, 5.41) is 10.1. The molecule has 2 aromatic rings. The van der Waals surface area contributed by atoms with E-state index in [2.05, 4.69) is 4.98 Å². The third-order valence-corrected chi connectivity index (χ3v) is 3.37. The first-order valence-electron chi connectivity index (χ1n) is 6.85. The topological polar surface area (TPSA) is 36.4 Å². The summed E-state index contributed by atoms with van der Waals surface area (Å²) in [6.07, 6.45) is 2.33. The summed E-state index contributed by atoms with van der Waals surface area (Å²) in [4.78, 5) is 5.91. The van der Waals surface area contributed by atoms with Gasteiger partial charge in [0.25, 0.3) is 0 Å². The molecule has 2 rings (SSSR count). The molecule has 0 aliphatic heterocycles. The zero-order chi connectivity index (χ0) is 15.2. The lowest BCUT2D eigenvalue weighted by atomic mass is 10.1. The van der Waals surface area contributed by atoms with Crippen LogP contribution in [0.4, 0.5) is 8.78 Å². The summed E-state index contributed by atoms with van der Waals surface area (Å²) in [6.45, 7) is 3.50. The zero-order valence-corrected chi connectivity index (χ0v) is 11.8. The molecule has 1 unspecified atom stereocenters. The van der Waals surface area contributed by atoms with Crippen LogP contribution in [0.3, 0.4) is 0 Å². The Hall–Kier alpha value is -1.85. The molecule has 1 heterocycles. The van der Waals surface area contributed by atoms with E-state index in [1.54, 1.807) is 12.4 Å². The number of hydrogen-bond acceptors (Lipinski definition) is 3. The van der Waals surface area contributed by atoms with Gasteiger partial charge in [-0.2, -0.15) is 0 Å². The minimum Gasteiger partial charge on any atom is -0.387 e. The maximum absolute atomic E-state index is 13.7. The van der Waals surface area contributed by atoms with Crippen molar-refractivity contribution in [1.29, 1.82) is 0 Å². The van der Waals surface area contributed by atoms with Gasteiger partial charge < -0.3 is 5.11 Å². The molecule has 1 N–H and O–H groups in total. The number of hydrogen-bond donors (Lipinski definition) is 1. The number of aromatic nitrogens is 1. The van der Waals surface area contributed by atoms with Crippen LogP contribution in [-0.4, -0.2) is 28.1 Å². The molecule has 0 radical (unpaired) electrons. The summed E-state index contributed by atoms with van der Waals surface area (Å²) in [7, 11) is 0. The second-order valence-corrected chi connectivity index (χ2v) is 4.84. The molecule has 0 saturated carbocycles. The van der Waals surface area contributed by atoms with E-state index in [-0.39, 0.29) is 12.1 Å². The second kappa shape index (κ2) is 7.24. The fraction of sp³-hybridized carbons (Fsp3) is 0.312. The van der Waals surface area contributed by atoms with Crippen LogP contribution in [-0.2, 0) is 6.54 Å². The van der Waals surface area contributed by atoms with Crippen LogP contribution in [0.5, 0.6) is 0 Å². The molecule has 1 aromatic heterocycles. The molecule has 0 saturated heterocycles. The third kappa shape index (κ3) is 4.06. The SMILES string of the molecule is CCN(Cc1ccncc1)CC(O)c1cccc(F)c1F. The Morgan fingerprint density at radius 3 is 2.57 bits per heavy atom. The average Bonchev–Trinajstić information content (AvgIpc) is 2.50. The number of aliphatic hydroxyl groups excluding tert-OH is 1. The number of rotatable bonds is 6. The van der Waals surface area contributed by atoms with E-state index >= 15 is 0 Å². The van der Waals surface area contributed by atoms with Gasteiger partial charge >= 0.3 is 0 Å². The zero-order valence-electron chi connectivity index (χ0n) is 11.8. The maximum Gasteiger partial charge on any atom is 0.164 e. The van der Waals surface area contributed by atoms with E-state index < -0.39 is 17.7 Å². The highest BCUT2D eigenvalue weighted by molar-refractivity contribution is 5.21. The molecule has 1 aromatic carbocycles. The molecule has 0 fully saturated rings. The van der Waals surface area contributed by atoms with Crippen LogP contribution >= 0.6 is 0 Å². The van der Waals surface area contributed by atoms with Crippen LogP contribution in [0, 0.1) is 11.6 Å². The highest BCUT2D eigenvalue weighted by Crippen LogP contribution is 2.20. The number of pyridine rings is 1. The number of nitrogens with zero attached hydrogens (tertiary/aromatic N) is 2. The van der Waals surface area contributed by atoms with Crippen molar-refractivity contribution in [2.45, 2.75) is 19.6 Å². The highest BCUT2D eigenvalue weighted by Gasteiger charge is 2.18. The summed E-state index contributed by atoms with van der Waals surface area (Å²) >= 11 is 0. The van der Waals surface area contributed by atoms with Crippen molar-refractivity contribution in [3.8, 4) is 0 Å². The quantitative estimate of drug-likeness (QED) is 0.889. The van der Waals surface area contributed by atoms with Gasteiger partial charge in [-0.3, -0.25) is 9.88 Å². The Morgan fingerprint density at radius 2 is 1.90 bits per heavy atom. The highest BCUT2D eigenvalue weighted by atomic mass is 19.2. The van der Waals surface area contributed by atoms with Crippen molar-refractivity contribution in [3.05, 3.63) is 65.5 Å². The Balaban J connectivity index is 2.06. The minimum absolute atomic E-state index is 0.0109. The monoisotopic (exact) mass is 292 g/mol. The predicted octanol–water partition coefficient (Wildman–Crippen LogP) is 2.92. The molecule has 3 nitrogen and oxygen atoms in total. The lowest BCUT2D eigenvalue weighted by molar-refractivity contribution is 0.108. The van der Waals surface area contributed by atoms with Gasteiger partial charge in [0.15, 0.2) is 11.6 Å². The van der Waals surface area contributed by atoms with E-state index in [0.717, 1.165) is 11.6 Å². The molecule has 0 spiro atoms. The summed E-state index contributed by atoms with van der Waals surface area (Å²) < 4.78 is 26.9. The van der Waals surface area contributed by atoms with Crippen molar-refractivity contribution >= 4 is 0 Å². The molecular formula is C16H18F2N2O. The lowest BCUT2D eigenvalue weighted by Crippen LogP contribution is -2.28. The number of likely N-dealkylation sites (N-methyl/N-ethyl adjacent to an activating group) is 1. The molecule has 0 aliphatic rings. The van der Waals surface area contributed by atoms with Crippen molar-refractivity contribution in [3.63, 3.8) is 0 Å². The standard InChI is InChI=1S/C16H18F2N2O/c1-2-20(10-12-6-8-19-9-7-12)11-15(21)13-4-3-5-14(17)16(13)18/h3-9,15,21H,2,10-11H2,1H3. The molecule has 0 amide bonds. The van der Waals surface area contributed by atoms with Crippen molar-refractivity contribution in [2.24, 2.45) is 0 Å². The average molecular weight is 292 g/mol. The van der Waals surface area contributed by atoms with Gasteiger partial charge in [0, 0.05) is 31.0 Å². The van der Waals surface area contributed by atoms with Gasteiger partial charge in [-0.05, 0) is 30.3 Å². The first-order valence-corrected chi connectivity index (χ1v) is 6.85. The summed E-state index contributed by atoms with van der Waals surface area (Å²) in [6, 6.07) is 7.62. The van der Waals surface area contributed by atoms with Crippen molar-refractivity contribution < 1.29 is 13.9 Å². The molecular weight excluding hydrogens is 274 g/mol. The summed E-state index contributed by atoms with van der Waals surface area (Å²) in [5.41, 5.74) is 1.04. The van der Waals surface area contributed by atoms with Gasteiger partial charge in [-0.1, -0.05) is 19.1 Å². The van der Waals surface area contributed by atoms with Crippen LogP contribution < -0.4 is 0 Å². The fourth-order valence-electron chi connectivity index (χ4n) is 2.17. The van der Waals surface area contributed by atoms with Gasteiger partial charge in [0.2, 0.25) is 0 Å². The van der Waals surface area contributed by atoms with Crippen molar-refractivity contribution in [1.82, 2.24) is 9.88 Å². The van der Waals surface area contributed by atoms with Crippen LogP contribution in [0.2, 0.25) is 0 Å². The lowest BCUT2D eigenvalue weighted by Gasteiger charge is -2.24. The van der Waals surface area contributed by atoms with E-state index in [9.17, 15) is 13.9 Å². The summed E-state index contributed by atoms with van der Waals surface area (Å²) in [5.74, 6) is -1.92. The van der Waals surface area contributed by atoms with Gasteiger partial charge in [-0.15, -0.1) is 0 Å². The Kier molecular flexibility index (Phi) is 5.36. The van der Waals surface area contributed by atoms with Crippen LogP contribution in [0.1, 0.15) is 24.2 Å². The molecule has 112 valence electrons.